The minimum Gasteiger partial charge on any atom is -0.296 e. The van der Waals surface area contributed by atoms with Crippen LogP contribution < -0.4 is 0 Å². The van der Waals surface area contributed by atoms with Gasteiger partial charge in [-0.2, -0.15) is 0 Å². The number of aromatic nitrogens is 3. The number of thioether (sulfide) groups is 1. The maximum absolute atomic E-state index is 12.2. The van der Waals surface area contributed by atoms with Crippen LogP contribution in [-0.4, -0.2) is 38.5 Å². The lowest BCUT2D eigenvalue weighted by atomic mass is 9.92. The van der Waals surface area contributed by atoms with E-state index < -0.39 is 0 Å². The molecule has 2 aromatic carbocycles. The highest BCUT2D eigenvalue weighted by molar-refractivity contribution is 7.98. The molecule has 1 aliphatic rings. The van der Waals surface area contributed by atoms with Gasteiger partial charge in [-0.25, -0.2) is 0 Å². The predicted molar refractivity (Wildman–Crippen MR) is 131 cm³/mol. The lowest BCUT2D eigenvalue weighted by molar-refractivity contribution is 0.101. The van der Waals surface area contributed by atoms with E-state index in [1.807, 2.05) is 13.0 Å². The second-order valence-corrected chi connectivity index (χ2v) is 9.68. The molecular weight excluding hydrogens is 416 g/mol. The first-order chi connectivity index (χ1) is 15.5. The quantitative estimate of drug-likeness (QED) is 0.344. The van der Waals surface area contributed by atoms with Crippen molar-refractivity contribution in [2.45, 2.75) is 64.4 Å². The van der Waals surface area contributed by atoms with Crippen molar-refractivity contribution >= 4 is 17.5 Å². The normalized spacial score (nSPS) is 14.6. The van der Waals surface area contributed by atoms with Gasteiger partial charge >= 0.3 is 0 Å². The topological polar surface area (TPSA) is 51.0 Å². The first-order valence-corrected chi connectivity index (χ1v) is 12.4. The van der Waals surface area contributed by atoms with Crippen molar-refractivity contribution in [2.24, 2.45) is 0 Å². The van der Waals surface area contributed by atoms with Gasteiger partial charge < -0.3 is 0 Å². The number of piperidine rings is 1. The van der Waals surface area contributed by atoms with Gasteiger partial charge in [0.15, 0.2) is 16.8 Å². The van der Waals surface area contributed by atoms with Crippen molar-refractivity contribution in [3.63, 3.8) is 0 Å². The molecule has 0 atom stereocenters. The van der Waals surface area contributed by atoms with Crippen molar-refractivity contribution in [3.8, 4) is 5.69 Å². The van der Waals surface area contributed by atoms with E-state index in [1.165, 1.54) is 30.4 Å². The van der Waals surface area contributed by atoms with Gasteiger partial charge in [-0.1, -0.05) is 42.4 Å². The number of benzene rings is 2. The first kappa shape index (κ1) is 22.7. The van der Waals surface area contributed by atoms with Crippen LogP contribution in [0.1, 0.15) is 64.6 Å². The largest absolute Gasteiger partial charge is 0.296 e. The zero-order valence-electron chi connectivity index (χ0n) is 19.5. The SMILES string of the molecule is CC(=O)c1c(C)cc(C)c(CSc2nnc(CN3CCCCC3)n2-c2ccccc2)c1C. The van der Waals surface area contributed by atoms with E-state index in [0.29, 0.717) is 0 Å². The molecule has 5 nitrogen and oxygen atoms in total. The van der Waals surface area contributed by atoms with Gasteiger partial charge in [0, 0.05) is 17.0 Å². The molecule has 0 bridgehead atoms. The Kier molecular flexibility index (Phi) is 7.11. The summed E-state index contributed by atoms with van der Waals surface area (Å²) in [4.78, 5) is 14.7. The van der Waals surface area contributed by atoms with Crippen LogP contribution in [0.2, 0.25) is 0 Å². The van der Waals surface area contributed by atoms with Crippen LogP contribution in [0.15, 0.2) is 41.6 Å². The Labute approximate surface area is 195 Å². The number of likely N-dealkylation sites (tertiary alicyclic amines) is 1. The summed E-state index contributed by atoms with van der Waals surface area (Å²) in [7, 11) is 0. The summed E-state index contributed by atoms with van der Waals surface area (Å²) >= 11 is 1.69. The van der Waals surface area contributed by atoms with E-state index in [2.05, 4.69) is 63.8 Å². The Balaban J connectivity index is 1.65. The monoisotopic (exact) mass is 448 g/mol. The number of Topliss-reactive ketones (excluding diaryl/α,β-unsaturated/α-hetero) is 1. The minimum atomic E-state index is 0.127. The lowest BCUT2D eigenvalue weighted by Crippen LogP contribution is -2.30. The minimum absolute atomic E-state index is 0.127. The molecule has 3 aromatic rings. The number of carbonyl (C=O) groups excluding carboxylic acids is 1. The Morgan fingerprint density at radius 2 is 1.72 bits per heavy atom. The van der Waals surface area contributed by atoms with Gasteiger partial charge in [0.1, 0.15) is 0 Å². The molecule has 1 fully saturated rings. The van der Waals surface area contributed by atoms with Gasteiger partial charge in [0.25, 0.3) is 0 Å². The third kappa shape index (κ3) is 4.81. The van der Waals surface area contributed by atoms with Crippen LogP contribution in [0, 0.1) is 20.8 Å². The van der Waals surface area contributed by atoms with Gasteiger partial charge in [-0.05, 0) is 88.0 Å². The molecule has 0 unspecified atom stereocenters. The van der Waals surface area contributed by atoms with E-state index in [0.717, 1.165) is 58.7 Å². The first-order valence-electron chi connectivity index (χ1n) is 11.4. The molecule has 0 saturated carbocycles. The molecule has 1 saturated heterocycles. The summed E-state index contributed by atoms with van der Waals surface area (Å²) in [5.74, 6) is 1.87. The van der Waals surface area contributed by atoms with Crippen molar-refractivity contribution in [1.29, 1.82) is 0 Å². The third-order valence-electron chi connectivity index (χ3n) is 6.36. The highest BCUT2D eigenvalue weighted by Crippen LogP contribution is 2.31. The summed E-state index contributed by atoms with van der Waals surface area (Å²) in [6.07, 6.45) is 3.83. The maximum Gasteiger partial charge on any atom is 0.196 e. The Morgan fingerprint density at radius 3 is 2.41 bits per heavy atom. The second kappa shape index (κ2) is 10.0. The Bertz CT molecular complexity index is 1100. The number of nitrogens with zero attached hydrogens (tertiary/aromatic N) is 4. The van der Waals surface area contributed by atoms with E-state index in [4.69, 9.17) is 0 Å². The average molecular weight is 449 g/mol. The second-order valence-electron chi connectivity index (χ2n) is 8.74. The molecule has 0 N–H and O–H groups in total. The number of hydrogen-bond donors (Lipinski definition) is 0. The molecular formula is C26H32N4OS. The van der Waals surface area contributed by atoms with Crippen LogP contribution in [0.25, 0.3) is 5.69 Å². The fourth-order valence-electron chi connectivity index (χ4n) is 4.78. The molecule has 1 aromatic heterocycles. The van der Waals surface area contributed by atoms with Crippen LogP contribution in [0.4, 0.5) is 0 Å². The molecule has 32 heavy (non-hydrogen) atoms. The fraction of sp³-hybridized carbons (Fsp3) is 0.423. The summed E-state index contributed by atoms with van der Waals surface area (Å²) in [6.45, 7) is 10.9. The summed E-state index contributed by atoms with van der Waals surface area (Å²) in [5, 5.41) is 10.1. The molecule has 6 heteroatoms. The van der Waals surface area contributed by atoms with E-state index in [1.54, 1.807) is 18.7 Å². The molecule has 168 valence electrons. The number of aryl methyl sites for hydroxylation is 2. The highest BCUT2D eigenvalue weighted by Gasteiger charge is 2.20. The van der Waals surface area contributed by atoms with Crippen molar-refractivity contribution in [2.75, 3.05) is 13.1 Å². The maximum atomic E-state index is 12.2. The van der Waals surface area contributed by atoms with Gasteiger partial charge in [0.2, 0.25) is 0 Å². The zero-order chi connectivity index (χ0) is 22.7. The number of para-hydroxylation sites is 1. The summed E-state index contributed by atoms with van der Waals surface area (Å²) in [6, 6.07) is 12.5. The molecule has 0 radical (unpaired) electrons. The van der Waals surface area contributed by atoms with Crippen molar-refractivity contribution in [3.05, 3.63) is 70.0 Å². The van der Waals surface area contributed by atoms with Crippen LogP contribution in [0.5, 0.6) is 0 Å². The number of rotatable bonds is 7. The number of carbonyl (C=O) groups is 1. The highest BCUT2D eigenvalue weighted by atomic mass is 32.2. The smallest absolute Gasteiger partial charge is 0.196 e. The van der Waals surface area contributed by atoms with Crippen LogP contribution >= 0.6 is 11.8 Å². The van der Waals surface area contributed by atoms with Gasteiger partial charge in [-0.3, -0.25) is 14.3 Å². The Hall–Kier alpha value is -2.44. The molecule has 4 rings (SSSR count). The van der Waals surface area contributed by atoms with Crippen molar-refractivity contribution < 1.29 is 4.79 Å². The molecule has 0 amide bonds. The lowest BCUT2D eigenvalue weighted by Gasteiger charge is -2.26. The van der Waals surface area contributed by atoms with Crippen LogP contribution in [-0.2, 0) is 12.3 Å². The van der Waals surface area contributed by atoms with E-state index in [-0.39, 0.29) is 5.78 Å². The van der Waals surface area contributed by atoms with E-state index >= 15 is 0 Å². The fourth-order valence-corrected chi connectivity index (χ4v) is 5.93. The van der Waals surface area contributed by atoms with Gasteiger partial charge in [-0.15, -0.1) is 10.2 Å². The number of ketones is 1. The van der Waals surface area contributed by atoms with E-state index in [9.17, 15) is 4.79 Å². The van der Waals surface area contributed by atoms with Crippen molar-refractivity contribution in [1.82, 2.24) is 19.7 Å². The standard InChI is InChI=1S/C26H32N4OS/c1-18-15-19(2)25(21(4)31)20(3)23(18)17-32-26-28-27-24(16-29-13-9-6-10-14-29)30(26)22-11-7-5-8-12-22/h5,7-8,11-12,15H,6,9-10,13-14,16-17H2,1-4H3. The van der Waals surface area contributed by atoms with Crippen LogP contribution in [0.3, 0.4) is 0 Å². The average Bonchev–Trinajstić information content (AvgIpc) is 3.16. The summed E-state index contributed by atoms with van der Waals surface area (Å²) < 4.78 is 2.20. The third-order valence-corrected chi connectivity index (χ3v) is 7.31. The Morgan fingerprint density at radius 1 is 1.00 bits per heavy atom. The molecule has 1 aliphatic heterocycles. The van der Waals surface area contributed by atoms with Gasteiger partial charge in [0.05, 0.1) is 6.54 Å². The number of hydrogen-bond acceptors (Lipinski definition) is 5. The summed E-state index contributed by atoms with van der Waals surface area (Å²) in [5.41, 5.74) is 6.51. The molecule has 0 aliphatic carbocycles. The molecule has 2 heterocycles. The predicted octanol–water partition coefficient (Wildman–Crippen LogP) is 5.67. The molecule has 0 spiro atoms. The zero-order valence-corrected chi connectivity index (χ0v) is 20.3.